The van der Waals surface area contributed by atoms with Gasteiger partial charge in [-0.2, -0.15) is 0 Å². The second-order valence-corrected chi connectivity index (χ2v) is 5.57. The van der Waals surface area contributed by atoms with Crippen molar-refractivity contribution in [1.29, 1.82) is 0 Å². The van der Waals surface area contributed by atoms with Gasteiger partial charge in [0.15, 0.2) is 0 Å². The van der Waals surface area contributed by atoms with Gasteiger partial charge in [0.05, 0.1) is 11.6 Å². The second kappa shape index (κ2) is 8.01. The van der Waals surface area contributed by atoms with Crippen LogP contribution in [-0.2, 0) is 11.3 Å². The van der Waals surface area contributed by atoms with E-state index in [0.717, 1.165) is 18.4 Å². The Kier molecular flexibility index (Phi) is 6.04. The van der Waals surface area contributed by atoms with Crippen molar-refractivity contribution in [3.63, 3.8) is 0 Å². The maximum Gasteiger partial charge on any atom is 0.320 e. The van der Waals surface area contributed by atoms with Gasteiger partial charge in [0.1, 0.15) is 17.6 Å². The zero-order chi connectivity index (χ0) is 15.9. The largest absolute Gasteiger partial charge is 0.480 e. The minimum Gasteiger partial charge on any atom is -0.480 e. The van der Waals surface area contributed by atoms with Crippen LogP contribution >= 0.6 is 11.6 Å². The van der Waals surface area contributed by atoms with Gasteiger partial charge in [0, 0.05) is 5.56 Å². The molecule has 0 bridgehead atoms. The Bertz CT molecular complexity index is 624. The normalized spacial score (nSPS) is 12.3. The molecule has 1 atom stereocenters. The van der Waals surface area contributed by atoms with Crippen LogP contribution in [0.3, 0.4) is 0 Å². The number of benzene rings is 1. The van der Waals surface area contributed by atoms with Crippen LogP contribution in [0.25, 0.3) is 11.3 Å². The number of aliphatic carboxylic acids is 1. The lowest BCUT2D eigenvalue weighted by Gasteiger charge is -2.12. The van der Waals surface area contributed by atoms with Gasteiger partial charge in [-0.3, -0.25) is 10.1 Å². The molecule has 1 heterocycles. The van der Waals surface area contributed by atoms with Gasteiger partial charge in [-0.05, 0) is 30.7 Å². The molecule has 0 aliphatic carbocycles. The van der Waals surface area contributed by atoms with Crippen molar-refractivity contribution in [2.45, 2.75) is 38.8 Å². The fraction of sp³-hybridized carbons (Fsp3) is 0.353. The van der Waals surface area contributed by atoms with E-state index in [4.69, 9.17) is 16.0 Å². The predicted octanol–water partition coefficient (Wildman–Crippen LogP) is 4.33. The van der Waals surface area contributed by atoms with E-state index < -0.39 is 12.0 Å². The van der Waals surface area contributed by atoms with Crippen LogP contribution in [0.1, 0.15) is 31.9 Å². The predicted molar refractivity (Wildman–Crippen MR) is 86.9 cm³/mol. The highest BCUT2D eigenvalue weighted by molar-refractivity contribution is 6.33. The molecule has 4 nitrogen and oxygen atoms in total. The molecule has 118 valence electrons. The van der Waals surface area contributed by atoms with E-state index in [2.05, 4.69) is 5.32 Å². The number of unbranched alkanes of at least 4 members (excludes halogenated alkanes) is 1. The number of carbonyl (C=O) groups is 1. The molecule has 0 fully saturated rings. The van der Waals surface area contributed by atoms with Gasteiger partial charge >= 0.3 is 5.97 Å². The van der Waals surface area contributed by atoms with Gasteiger partial charge < -0.3 is 9.52 Å². The van der Waals surface area contributed by atoms with E-state index in [1.165, 1.54) is 0 Å². The summed E-state index contributed by atoms with van der Waals surface area (Å²) < 4.78 is 5.75. The Morgan fingerprint density at radius 2 is 2.09 bits per heavy atom. The summed E-state index contributed by atoms with van der Waals surface area (Å²) in [4.78, 5) is 11.2. The average molecular weight is 322 g/mol. The third-order valence-corrected chi connectivity index (χ3v) is 3.80. The molecule has 2 aromatic rings. The molecule has 0 aliphatic rings. The smallest absolute Gasteiger partial charge is 0.320 e. The van der Waals surface area contributed by atoms with E-state index >= 15 is 0 Å². The van der Waals surface area contributed by atoms with Crippen LogP contribution in [-0.4, -0.2) is 17.1 Å². The highest BCUT2D eigenvalue weighted by atomic mass is 35.5. The summed E-state index contributed by atoms with van der Waals surface area (Å²) in [6.45, 7) is 2.42. The Hall–Kier alpha value is -1.78. The van der Waals surface area contributed by atoms with Crippen LogP contribution in [0.15, 0.2) is 40.8 Å². The van der Waals surface area contributed by atoms with Crippen LogP contribution in [0.5, 0.6) is 0 Å². The summed E-state index contributed by atoms with van der Waals surface area (Å²) >= 11 is 6.14. The van der Waals surface area contributed by atoms with Crippen molar-refractivity contribution in [2.75, 3.05) is 0 Å². The molecule has 1 aromatic carbocycles. The highest BCUT2D eigenvalue weighted by Crippen LogP contribution is 2.29. The number of hydrogen-bond donors (Lipinski definition) is 2. The first-order valence-corrected chi connectivity index (χ1v) is 7.79. The third kappa shape index (κ3) is 4.36. The summed E-state index contributed by atoms with van der Waals surface area (Å²) in [6, 6.07) is 10.6. The Morgan fingerprint density at radius 1 is 1.32 bits per heavy atom. The van der Waals surface area contributed by atoms with Crippen molar-refractivity contribution >= 4 is 17.6 Å². The van der Waals surface area contributed by atoms with Crippen LogP contribution in [0.2, 0.25) is 5.02 Å². The number of furan rings is 1. The summed E-state index contributed by atoms with van der Waals surface area (Å²) in [5.74, 6) is 0.548. The number of carboxylic acid groups (broad SMARTS) is 1. The van der Waals surface area contributed by atoms with E-state index in [0.29, 0.717) is 29.5 Å². The Morgan fingerprint density at radius 3 is 2.77 bits per heavy atom. The first-order chi connectivity index (χ1) is 10.6. The highest BCUT2D eigenvalue weighted by Gasteiger charge is 2.16. The SMILES string of the molecule is CCCC[C@H](NCc1ccc(-c2ccccc2Cl)o1)C(=O)O. The quantitative estimate of drug-likeness (QED) is 0.759. The molecule has 0 amide bonds. The topological polar surface area (TPSA) is 62.5 Å². The Balaban J connectivity index is 2.00. The number of carboxylic acids is 1. The first kappa shape index (κ1) is 16.6. The van der Waals surface area contributed by atoms with Crippen LogP contribution < -0.4 is 5.32 Å². The minimum absolute atomic E-state index is 0.380. The maximum atomic E-state index is 11.2. The number of rotatable bonds is 8. The fourth-order valence-corrected chi connectivity index (χ4v) is 2.45. The van der Waals surface area contributed by atoms with E-state index in [-0.39, 0.29) is 0 Å². The molecule has 0 saturated carbocycles. The van der Waals surface area contributed by atoms with Gasteiger partial charge in [-0.1, -0.05) is 43.5 Å². The zero-order valence-corrected chi connectivity index (χ0v) is 13.3. The maximum absolute atomic E-state index is 11.2. The summed E-state index contributed by atoms with van der Waals surface area (Å²) in [5.41, 5.74) is 0.830. The lowest BCUT2D eigenvalue weighted by atomic mass is 10.1. The van der Waals surface area contributed by atoms with Crippen molar-refractivity contribution < 1.29 is 14.3 Å². The molecule has 0 aliphatic heterocycles. The fourth-order valence-electron chi connectivity index (χ4n) is 2.22. The zero-order valence-electron chi connectivity index (χ0n) is 12.5. The van der Waals surface area contributed by atoms with Crippen molar-refractivity contribution in [3.05, 3.63) is 47.2 Å². The molecule has 1 aromatic heterocycles. The molecular formula is C17H20ClNO3. The van der Waals surface area contributed by atoms with E-state index in [1.54, 1.807) is 0 Å². The molecule has 22 heavy (non-hydrogen) atoms. The monoisotopic (exact) mass is 321 g/mol. The molecule has 2 rings (SSSR count). The first-order valence-electron chi connectivity index (χ1n) is 7.41. The molecule has 0 radical (unpaired) electrons. The lowest BCUT2D eigenvalue weighted by Crippen LogP contribution is -2.36. The number of halogens is 1. The Labute approximate surface area is 135 Å². The molecule has 0 saturated heterocycles. The van der Waals surface area contributed by atoms with Crippen LogP contribution in [0.4, 0.5) is 0 Å². The van der Waals surface area contributed by atoms with E-state index in [9.17, 15) is 9.90 Å². The van der Waals surface area contributed by atoms with Crippen molar-refractivity contribution in [3.8, 4) is 11.3 Å². The second-order valence-electron chi connectivity index (χ2n) is 5.16. The van der Waals surface area contributed by atoms with E-state index in [1.807, 2.05) is 43.3 Å². The molecule has 5 heteroatoms. The summed E-state index contributed by atoms with van der Waals surface area (Å²) in [6.07, 6.45) is 2.47. The minimum atomic E-state index is -0.827. The van der Waals surface area contributed by atoms with Gasteiger partial charge in [-0.15, -0.1) is 0 Å². The summed E-state index contributed by atoms with van der Waals surface area (Å²) in [5, 5.41) is 12.8. The third-order valence-electron chi connectivity index (χ3n) is 3.47. The molecule has 0 unspecified atom stereocenters. The number of hydrogen-bond acceptors (Lipinski definition) is 3. The van der Waals surface area contributed by atoms with Crippen LogP contribution in [0, 0.1) is 0 Å². The van der Waals surface area contributed by atoms with Crippen molar-refractivity contribution in [2.24, 2.45) is 0 Å². The van der Waals surface area contributed by atoms with Gasteiger partial charge in [0.2, 0.25) is 0 Å². The van der Waals surface area contributed by atoms with Gasteiger partial charge in [0.25, 0.3) is 0 Å². The lowest BCUT2D eigenvalue weighted by molar-refractivity contribution is -0.139. The number of nitrogens with one attached hydrogen (secondary N) is 1. The standard InChI is InChI=1S/C17H20ClNO3/c1-2-3-8-15(17(20)21)19-11-12-9-10-16(22-12)13-6-4-5-7-14(13)18/h4-7,9-10,15,19H,2-3,8,11H2,1H3,(H,20,21)/t15-/m0/s1. The molecule has 0 spiro atoms. The van der Waals surface area contributed by atoms with Gasteiger partial charge in [-0.25, -0.2) is 0 Å². The average Bonchev–Trinajstić information content (AvgIpc) is 2.96. The molecular weight excluding hydrogens is 302 g/mol. The van der Waals surface area contributed by atoms with Crippen molar-refractivity contribution in [1.82, 2.24) is 5.32 Å². The summed E-state index contributed by atoms with van der Waals surface area (Å²) in [7, 11) is 0. The molecule has 2 N–H and O–H groups in total.